The maximum Gasteiger partial charge on any atom is 0 e. The van der Waals surface area contributed by atoms with Crippen LogP contribution in [0.1, 0.15) is 39.0 Å². The molecule has 1 heteroatoms. The summed E-state index contributed by atoms with van der Waals surface area (Å²) in [5, 5.41) is 0. The molecule has 0 nitrogen and oxygen atoms in total. The Balaban J connectivity index is 0.000000640. The molecule has 1 aliphatic rings. The molecule has 9 heavy (non-hydrogen) atoms. The minimum atomic E-state index is 0. The van der Waals surface area contributed by atoms with E-state index in [0.717, 1.165) is 0 Å². The Morgan fingerprint density at radius 1 is 1.11 bits per heavy atom. The normalized spacial score (nSPS) is 18.6. The van der Waals surface area contributed by atoms with Gasteiger partial charge >= 0.3 is 0 Å². The predicted molar refractivity (Wildman–Crippen MR) is 36.8 cm³/mol. The van der Waals surface area contributed by atoms with Gasteiger partial charge in [-0.25, -0.2) is 0 Å². The summed E-state index contributed by atoms with van der Waals surface area (Å²) < 4.78 is 0. The first kappa shape index (κ1) is 9.26. The first-order chi connectivity index (χ1) is 3.93. The van der Waals surface area contributed by atoms with Crippen LogP contribution in [0.15, 0.2) is 11.6 Å². The fraction of sp³-hybridized carbons (Fsp3) is 0.750. The maximum atomic E-state index is 2.28. The monoisotopic (exact) mass is 173 g/mol. The van der Waals surface area contributed by atoms with Crippen LogP contribution in [0.2, 0.25) is 0 Å². The van der Waals surface area contributed by atoms with Gasteiger partial charge in [0, 0.05) is 17.1 Å². The Hall–Kier alpha value is 0.259. The molecule has 0 unspecified atom stereocenters. The van der Waals surface area contributed by atoms with Crippen LogP contribution in [0.5, 0.6) is 0 Å². The van der Waals surface area contributed by atoms with Crippen molar-refractivity contribution in [2.45, 2.75) is 39.0 Å². The van der Waals surface area contributed by atoms with Crippen molar-refractivity contribution in [1.82, 2.24) is 0 Å². The molecule has 0 heterocycles. The van der Waals surface area contributed by atoms with Gasteiger partial charge in [0.1, 0.15) is 0 Å². The zero-order chi connectivity index (χ0) is 5.82. The Morgan fingerprint density at radius 2 is 1.67 bits per heavy atom. The summed E-state index contributed by atoms with van der Waals surface area (Å²) in [7, 11) is 0. The Morgan fingerprint density at radius 3 is 2.00 bits per heavy atom. The third-order valence-corrected chi connectivity index (χ3v) is 1.90. The molecule has 0 aliphatic heterocycles. The molecule has 1 saturated carbocycles. The minimum absolute atomic E-state index is 0. The van der Waals surface area contributed by atoms with E-state index in [0.29, 0.717) is 0 Å². The van der Waals surface area contributed by atoms with E-state index in [2.05, 4.69) is 13.0 Å². The van der Waals surface area contributed by atoms with Crippen LogP contribution in [-0.4, -0.2) is 0 Å². The second-order valence-electron chi connectivity index (χ2n) is 2.51. The molecule has 0 spiro atoms. The Bertz CT molecular complexity index is 86.7. The molecule has 0 amide bonds. The van der Waals surface area contributed by atoms with E-state index in [1.807, 2.05) is 0 Å². The van der Waals surface area contributed by atoms with Gasteiger partial charge in [0.25, 0.3) is 0 Å². The first-order valence-corrected chi connectivity index (χ1v) is 3.57. The molecule has 1 aliphatic carbocycles. The molecule has 1 fully saturated rings. The van der Waals surface area contributed by atoms with Crippen molar-refractivity contribution in [2.24, 2.45) is 0 Å². The molecule has 0 saturated heterocycles. The Labute approximate surface area is 68.2 Å². The number of rotatable bonds is 0. The van der Waals surface area contributed by atoms with Gasteiger partial charge in [0.15, 0.2) is 0 Å². The predicted octanol–water partition coefficient (Wildman–Crippen LogP) is 2.89. The zero-order valence-corrected chi connectivity index (χ0v) is 6.86. The molecule has 0 bridgehead atoms. The van der Waals surface area contributed by atoms with Crippen LogP contribution >= 0.6 is 0 Å². The van der Waals surface area contributed by atoms with Crippen molar-refractivity contribution in [3.8, 4) is 0 Å². The van der Waals surface area contributed by atoms with Crippen molar-refractivity contribution >= 4 is 0 Å². The quantitative estimate of drug-likeness (QED) is 0.391. The summed E-state index contributed by atoms with van der Waals surface area (Å²) in [6.45, 7) is 2.15. The summed E-state index contributed by atoms with van der Waals surface area (Å²) in [4.78, 5) is 0. The molecule has 1 rings (SSSR count). The molecule has 0 aromatic carbocycles. The summed E-state index contributed by atoms with van der Waals surface area (Å²) in [5.41, 5.74) is 1.68. The number of allylic oxidation sites excluding steroid dienone is 2. The average Bonchev–Trinajstić information content (AvgIpc) is 1.90. The van der Waals surface area contributed by atoms with E-state index < -0.39 is 0 Å². The molecule has 0 atom stereocenters. The van der Waals surface area contributed by atoms with Crippen molar-refractivity contribution < 1.29 is 17.1 Å². The smallest absolute Gasteiger partial charge is 0 e. The topological polar surface area (TPSA) is 0 Å². The molecular formula is C8H14Cu. The third-order valence-electron chi connectivity index (χ3n) is 1.90. The second-order valence-corrected chi connectivity index (χ2v) is 2.51. The molecule has 0 aromatic heterocycles. The standard InChI is InChI=1S/C8H14.Cu/c1-2-8-6-4-3-5-7-8;/h2H,3-7H2,1H3;. The van der Waals surface area contributed by atoms with Crippen molar-refractivity contribution in [2.75, 3.05) is 0 Å². The van der Waals surface area contributed by atoms with Gasteiger partial charge in [-0.3, -0.25) is 0 Å². The van der Waals surface area contributed by atoms with Crippen molar-refractivity contribution in [1.29, 1.82) is 0 Å². The van der Waals surface area contributed by atoms with Crippen LogP contribution in [-0.2, 0) is 17.1 Å². The molecule has 0 aromatic rings. The Kier molecular flexibility index (Phi) is 5.22. The molecule has 1 radical (unpaired) electrons. The summed E-state index contributed by atoms with van der Waals surface area (Å²) in [6, 6.07) is 0. The largest absolute Gasteiger partial charge is 0.0885 e. The van der Waals surface area contributed by atoms with Crippen molar-refractivity contribution in [3.63, 3.8) is 0 Å². The van der Waals surface area contributed by atoms with Gasteiger partial charge in [-0.1, -0.05) is 18.1 Å². The van der Waals surface area contributed by atoms with Gasteiger partial charge in [0.2, 0.25) is 0 Å². The molecule has 57 valence electrons. The molecule has 0 N–H and O–H groups in total. The summed E-state index contributed by atoms with van der Waals surface area (Å²) >= 11 is 0. The van der Waals surface area contributed by atoms with E-state index in [4.69, 9.17) is 0 Å². The fourth-order valence-corrected chi connectivity index (χ4v) is 1.29. The van der Waals surface area contributed by atoms with Crippen LogP contribution in [0.25, 0.3) is 0 Å². The van der Waals surface area contributed by atoms with E-state index in [1.54, 1.807) is 5.57 Å². The summed E-state index contributed by atoms with van der Waals surface area (Å²) in [5.74, 6) is 0. The van der Waals surface area contributed by atoms with Crippen LogP contribution < -0.4 is 0 Å². The number of hydrogen-bond acceptors (Lipinski definition) is 0. The average molecular weight is 174 g/mol. The maximum absolute atomic E-state index is 2.28. The SMILES string of the molecule is CC=C1CCCCC1.[Cu]. The molecular weight excluding hydrogens is 160 g/mol. The van der Waals surface area contributed by atoms with Crippen LogP contribution in [0.4, 0.5) is 0 Å². The van der Waals surface area contributed by atoms with Gasteiger partial charge in [0.05, 0.1) is 0 Å². The van der Waals surface area contributed by atoms with E-state index in [9.17, 15) is 0 Å². The van der Waals surface area contributed by atoms with Gasteiger partial charge in [-0.05, 0) is 32.6 Å². The second kappa shape index (κ2) is 5.08. The van der Waals surface area contributed by atoms with Gasteiger partial charge in [-0.15, -0.1) is 0 Å². The van der Waals surface area contributed by atoms with Crippen LogP contribution in [0, 0.1) is 0 Å². The minimum Gasteiger partial charge on any atom is -0.0885 e. The zero-order valence-electron chi connectivity index (χ0n) is 5.91. The van der Waals surface area contributed by atoms with E-state index in [1.165, 1.54) is 32.1 Å². The van der Waals surface area contributed by atoms with Crippen molar-refractivity contribution in [3.05, 3.63) is 11.6 Å². The summed E-state index contributed by atoms with van der Waals surface area (Å²) in [6.07, 6.45) is 9.34. The van der Waals surface area contributed by atoms with Crippen LogP contribution in [0.3, 0.4) is 0 Å². The third kappa shape index (κ3) is 3.07. The van der Waals surface area contributed by atoms with Gasteiger partial charge in [-0.2, -0.15) is 0 Å². The van der Waals surface area contributed by atoms with E-state index in [-0.39, 0.29) is 17.1 Å². The number of hydrogen-bond donors (Lipinski definition) is 0. The first-order valence-electron chi connectivity index (χ1n) is 3.57. The van der Waals surface area contributed by atoms with Gasteiger partial charge < -0.3 is 0 Å². The van der Waals surface area contributed by atoms with E-state index >= 15 is 0 Å². The fourth-order valence-electron chi connectivity index (χ4n) is 1.29.